The lowest BCUT2D eigenvalue weighted by Crippen LogP contribution is -1.93. The number of thiophene rings is 1. The second-order valence-corrected chi connectivity index (χ2v) is 2.59. The van der Waals surface area contributed by atoms with Crippen molar-refractivity contribution in [3.8, 4) is 5.75 Å². The minimum atomic E-state index is -0.615. The topological polar surface area (TPSA) is 75.1 Å². The summed E-state index contributed by atoms with van der Waals surface area (Å²) < 4.78 is 4.86. The van der Waals surface area contributed by atoms with Gasteiger partial charge in [-0.3, -0.25) is 4.79 Å². The largest absolute Gasteiger partial charge is 0.495 e. The van der Waals surface area contributed by atoms with Gasteiger partial charge in [-0.1, -0.05) is 0 Å². The van der Waals surface area contributed by atoms with Gasteiger partial charge in [0.05, 0.1) is 12.7 Å². The van der Waals surface area contributed by atoms with Gasteiger partial charge < -0.3 is 4.74 Å². The fraction of sp³-hybridized carbons (Fsp3) is 0.167. The fourth-order valence-electron chi connectivity index (χ4n) is 0.694. The molecule has 0 bridgehead atoms. The van der Waals surface area contributed by atoms with E-state index in [4.69, 9.17) is 10.3 Å². The predicted octanol–water partition coefficient (Wildman–Crippen LogP) is 2.21. The summed E-state index contributed by atoms with van der Waals surface area (Å²) in [5.74, 6) is -0.173. The first-order valence-corrected chi connectivity index (χ1v) is 3.93. The van der Waals surface area contributed by atoms with E-state index in [1.807, 2.05) is 0 Å². The molecule has 12 heavy (non-hydrogen) atoms. The lowest BCUT2D eigenvalue weighted by molar-refractivity contribution is 0.0998. The van der Waals surface area contributed by atoms with Crippen molar-refractivity contribution < 1.29 is 9.53 Å². The van der Waals surface area contributed by atoms with Gasteiger partial charge in [0.25, 0.3) is 5.91 Å². The van der Waals surface area contributed by atoms with Crippen LogP contribution in [0.25, 0.3) is 10.4 Å². The van der Waals surface area contributed by atoms with Crippen LogP contribution < -0.4 is 4.74 Å². The second-order valence-electron chi connectivity index (χ2n) is 1.85. The van der Waals surface area contributed by atoms with Gasteiger partial charge in [0, 0.05) is 15.7 Å². The van der Waals surface area contributed by atoms with Crippen molar-refractivity contribution in [1.29, 1.82) is 0 Å². The van der Waals surface area contributed by atoms with Gasteiger partial charge in [0.15, 0.2) is 0 Å². The molecule has 0 unspecified atom stereocenters. The van der Waals surface area contributed by atoms with Gasteiger partial charge in [-0.05, 0) is 10.6 Å². The Balaban J connectivity index is 3.01. The molecule has 0 aliphatic carbocycles. The molecule has 1 amide bonds. The van der Waals surface area contributed by atoms with Gasteiger partial charge in [-0.2, -0.15) is 0 Å². The SMILES string of the molecule is COc1cscc1C(=O)N=[N+]=[N-]. The Morgan fingerprint density at radius 1 is 1.75 bits per heavy atom. The highest BCUT2D eigenvalue weighted by atomic mass is 32.1. The lowest BCUT2D eigenvalue weighted by Gasteiger charge is -1.95. The molecule has 0 saturated heterocycles. The van der Waals surface area contributed by atoms with E-state index >= 15 is 0 Å². The quantitative estimate of drug-likeness (QED) is 0.400. The molecule has 1 aromatic heterocycles. The number of carbonyl (C=O) groups is 1. The molecule has 1 heterocycles. The van der Waals surface area contributed by atoms with Crippen molar-refractivity contribution in [3.05, 3.63) is 26.8 Å². The van der Waals surface area contributed by atoms with E-state index in [0.29, 0.717) is 11.3 Å². The summed E-state index contributed by atoms with van der Waals surface area (Å²) in [6, 6.07) is 0. The molecule has 0 atom stereocenters. The first-order chi connectivity index (χ1) is 5.79. The van der Waals surface area contributed by atoms with Gasteiger partial charge in [-0.25, -0.2) is 0 Å². The van der Waals surface area contributed by atoms with Crippen molar-refractivity contribution in [2.45, 2.75) is 0 Å². The van der Waals surface area contributed by atoms with E-state index < -0.39 is 5.91 Å². The highest BCUT2D eigenvalue weighted by Gasteiger charge is 2.10. The molecule has 1 aromatic rings. The van der Waals surface area contributed by atoms with Crippen LogP contribution in [0.5, 0.6) is 5.75 Å². The Morgan fingerprint density at radius 3 is 3.08 bits per heavy atom. The fourth-order valence-corrected chi connectivity index (χ4v) is 1.46. The smallest absolute Gasteiger partial charge is 0.253 e. The van der Waals surface area contributed by atoms with Gasteiger partial charge in [-0.15, -0.1) is 11.3 Å². The van der Waals surface area contributed by atoms with Crippen LogP contribution in [0.1, 0.15) is 10.4 Å². The molecule has 6 heteroatoms. The summed E-state index contributed by atoms with van der Waals surface area (Å²) in [5, 5.41) is 6.19. The third-order valence-electron chi connectivity index (χ3n) is 1.21. The van der Waals surface area contributed by atoms with E-state index in [1.54, 1.807) is 10.8 Å². The first-order valence-electron chi connectivity index (χ1n) is 2.99. The van der Waals surface area contributed by atoms with Crippen molar-refractivity contribution >= 4 is 17.2 Å². The molecule has 0 aliphatic heterocycles. The van der Waals surface area contributed by atoms with Crippen molar-refractivity contribution in [2.75, 3.05) is 7.11 Å². The van der Waals surface area contributed by atoms with E-state index in [-0.39, 0.29) is 0 Å². The van der Waals surface area contributed by atoms with Crippen LogP contribution in [0.2, 0.25) is 0 Å². The first kappa shape index (κ1) is 8.58. The molecule has 1 rings (SSSR count). The summed E-state index contributed by atoms with van der Waals surface area (Å²) in [6.45, 7) is 0. The number of ether oxygens (including phenoxy) is 1. The molecular formula is C6H5N3O2S. The van der Waals surface area contributed by atoms with Gasteiger partial charge >= 0.3 is 0 Å². The number of hydrogen-bond acceptors (Lipinski definition) is 3. The molecule has 5 nitrogen and oxygen atoms in total. The summed E-state index contributed by atoms with van der Waals surface area (Å²) in [5.41, 5.74) is 8.31. The normalized spacial score (nSPS) is 8.75. The summed E-state index contributed by atoms with van der Waals surface area (Å²) in [4.78, 5) is 13.4. The minimum Gasteiger partial charge on any atom is -0.495 e. The summed E-state index contributed by atoms with van der Waals surface area (Å²) in [7, 11) is 1.45. The Morgan fingerprint density at radius 2 is 2.50 bits per heavy atom. The van der Waals surface area contributed by atoms with Crippen LogP contribution in [0.3, 0.4) is 0 Å². The second kappa shape index (κ2) is 3.75. The van der Waals surface area contributed by atoms with Crippen LogP contribution in [0.4, 0.5) is 0 Å². The Hall–Kier alpha value is -1.52. The van der Waals surface area contributed by atoms with E-state index in [2.05, 4.69) is 10.0 Å². The molecule has 0 aliphatic rings. The van der Waals surface area contributed by atoms with Gasteiger partial charge in [0.1, 0.15) is 5.75 Å². The number of hydrogen-bond donors (Lipinski definition) is 0. The molecule has 0 spiro atoms. The van der Waals surface area contributed by atoms with Crippen LogP contribution in [0, 0.1) is 0 Å². The zero-order chi connectivity index (χ0) is 8.97. The Labute approximate surface area is 72.2 Å². The third-order valence-corrected chi connectivity index (χ3v) is 1.93. The molecule has 0 N–H and O–H groups in total. The lowest BCUT2D eigenvalue weighted by atomic mass is 10.3. The number of methoxy groups -OCH3 is 1. The van der Waals surface area contributed by atoms with E-state index in [0.717, 1.165) is 0 Å². The molecule has 0 aromatic carbocycles. The van der Waals surface area contributed by atoms with Crippen LogP contribution >= 0.6 is 11.3 Å². The van der Waals surface area contributed by atoms with E-state index in [9.17, 15) is 4.79 Å². The van der Waals surface area contributed by atoms with Crippen molar-refractivity contribution in [3.63, 3.8) is 0 Å². The van der Waals surface area contributed by atoms with Crippen molar-refractivity contribution in [1.82, 2.24) is 0 Å². The number of nitrogens with zero attached hydrogens (tertiary/aromatic N) is 3. The van der Waals surface area contributed by atoms with E-state index in [1.165, 1.54) is 18.4 Å². The maximum Gasteiger partial charge on any atom is 0.253 e. The third kappa shape index (κ3) is 1.55. The van der Waals surface area contributed by atoms with Crippen LogP contribution in [-0.4, -0.2) is 13.0 Å². The maximum atomic E-state index is 11.0. The number of azide groups is 1. The standard InChI is InChI=1S/C6H5N3O2S/c1-11-5-3-12-2-4(5)6(10)8-9-7/h2-3H,1H3. The zero-order valence-electron chi connectivity index (χ0n) is 6.22. The highest BCUT2D eigenvalue weighted by Crippen LogP contribution is 2.23. The maximum absolute atomic E-state index is 11.0. The van der Waals surface area contributed by atoms with Gasteiger partial charge in [0.2, 0.25) is 0 Å². The van der Waals surface area contributed by atoms with Crippen LogP contribution in [-0.2, 0) is 0 Å². The van der Waals surface area contributed by atoms with Crippen molar-refractivity contribution in [2.24, 2.45) is 5.11 Å². The Kier molecular flexibility index (Phi) is 2.68. The summed E-state index contributed by atoms with van der Waals surface area (Å²) >= 11 is 1.32. The molecular weight excluding hydrogens is 178 g/mol. The summed E-state index contributed by atoms with van der Waals surface area (Å²) in [6.07, 6.45) is 0. The number of carbonyl (C=O) groups excluding carboxylic acids is 1. The molecule has 0 saturated carbocycles. The minimum absolute atomic E-state index is 0.306. The predicted molar refractivity (Wildman–Crippen MR) is 44.3 cm³/mol. The Bertz CT molecular complexity index is 340. The average Bonchev–Trinajstić information content (AvgIpc) is 2.51. The monoisotopic (exact) mass is 183 g/mol. The zero-order valence-corrected chi connectivity index (χ0v) is 7.04. The van der Waals surface area contributed by atoms with Crippen LogP contribution in [0.15, 0.2) is 15.9 Å². The molecule has 0 fully saturated rings. The molecule has 62 valence electrons. The number of rotatable bonds is 2. The molecule has 0 radical (unpaired) electrons. The number of amides is 1. The highest BCUT2D eigenvalue weighted by molar-refractivity contribution is 7.08. The average molecular weight is 183 g/mol.